The van der Waals surface area contributed by atoms with Gasteiger partial charge in [0.1, 0.15) is 5.41 Å². The summed E-state index contributed by atoms with van der Waals surface area (Å²) in [7, 11) is 0. The molecular formula is C21H26N2O2. The van der Waals surface area contributed by atoms with E-state index < -0.39 is 5.41 Å². The van der Waals surface area contributed by atoms with Gasteiger partial charge in [0.15, 0.2) is 0 Å². The van der Waals surface area contributed by atoms with Crippen molar-refractivity contribution in [3.63, 3.8) is 0 Å². The van der Waals surface area contributed by atoms with E-state index in [1.165, 1.54) is 0 Å². The Hall–Kier alpha value is -2.62. The zero-order valence-electron chi connectivity index (χ0n) is 15.6. The summed E-state index contributed by atoms with van der Waals surface area (Å²) in [6, 6.07) is 13.8. The first kappa shape index (κ1) is 18.7. The Labute approximate surface area is 149 Å². The first-order valence-electron chi connectivity index (χ1n) is 8.42. The summed E-state index contributed by atoms with van der Waals surface area (Å²) in [5.41, 5.74) is 3.75. The number of hydrogen-bond acceptors (Lipinski definition) is 2. The zero-order valence-corrected chi connectivity index (χ0v) is 15.6. The van der Waals surface area contributed by atoms with E-state index in [1.807, 2.05) is 63.2 Å². The van der Waals surface area contributed by atoms with E-state index in [9.17, 15) is 9.59 Å². The van der Waals surface area contributed by atoms with Crippen LogP contribution in [0.4, 0.5) is 5.69 Å². The van der Waals surface area contributed by atoms with Crippen molar-refractivity contribution in [2.24, 2.45) is 5.41 Å². The molecule has 2 N–H and O–H groups in total. The summed E-state index contributed by atoms with van der Waals surface area (Å²) in [6.07, 6.45) is 0. The van der Waals surface area contributed by atoms with Gasteiger partial charge in [0.2, 0.25) is 11.8 Å². The molecule has 0 saturated heterocycles. The van der Waals surface area contributed by atoms with Gasteiger partial charge in [0.05, 0.1) is 0 Å². The molecule has 0 atom stereocenters. The Morgan fingerprint density at radius 1 is 0.920 bits per heavy atom. The van der Waals surface area contributed by atoms with Crippen LogP contribution in [-0.4, -0.2) is 11.8 Å². The topological polar surface area (TPSA) is 58.2 Å². The fourth-order valence-electron chi connectivity index (χ4n) is 2.48. The lowest BCUT2D eigenvalue weighted by molar-refractivity contribution is -0.138. The van der Waals surface area contributed by atoms with Gasteiger partial charge in [0, 0.05) is 12.2 Å². The molecule has 2 rings (SSSR count). The van der Waals surface area contributed by atoms with Crippen molar-refractivity contribution >= 4 is 17.5 Å². The van der Waals surface area contributed by atoms with Gasteiger partial charge in [-0.25, -0.2) is 0 Å². The largest absolute Gasteiger partial charge is 0.351 e. The normalized spacial score (nSPS) is 11.1. The molecule has 0 unspecified atom stereocenters. The monoisotopic (exact) mass is 338 g/mol. The van der Waals surface area contributed by atoms with E-state index >= 15 is 0 Å². The van der Waals surface area contributed by atoms with Crippen molar-refractivity contribution in [3.05, 3.63) is 64.7 Å². The minimum Gasteiger partial charge on any atom is -0.351 e. The number of carbonyl (C=O) groups excluding carboxylic acids is 2. The van der Waals surface area contributed by atoms with Gasteiger partial charge in [-0.3, -0.25) is 9.59 Å². The van der Waals surface area contributed by atoms with Crippen LogP contribution in [0.25, 0.3) is 0 Å². The fraction of sp³-hybridized carbons (Fsp3) is 0.333. The number of rotatable bonds is 5. The van der Waals surface area contributed by atoms with Crippen molar-refractivity contribution in [1.82, 2.24) is 5.32 Å². The zero-order chi connectivity index (χ0) is 18.6. The Bertz CT molecular complexity index is 794. The lowest BCUT2D eigenvalue weighted by Crippen LogP contribution is -2.45. The van der Waals surface area contributed by atoms with Crippen LogP contribution in [0.1, 0.15) is 36.1 Å². The molecule has 0 aromatic heterocycles. The highest BCUT2D eigenvalue weighted by molar-refractivity contribution is 6.10. The minimum absolute atomic E-state index is 0.295. The highest BCUT2D eigenvalue weighted by atomic mass is 16.2. The smallest absolute Gasteiger partial charge is 0.239 e. The number of aryl methyl sites for hydroxylation is 3. The standard InChI is InChI=1S/C21H26N2O2/c1-14-7-6-8-17(11-14)13-22-19(24)21(4,5)20(25)23-18-12-15(2)9-10-16(18)3/h6-12H,13H2,1-5H3,(H,22,24)(H,23,25). The Kier molecular flexibility index (Phi) is 5.62. The van der Waals surface area contributed by atoms with Crippen molar-refractivity contribution in [2.45, 2.75) is 41.2 Å². The van der Waals surface area contributed by atoms with Gasteiger partial charge < -0.3 is 10.6 Å². The molecule has 4 heteroatoms. The van der Waals surface area contributed by atoms with Crippen LogP contribution in [0.3, 0.4) is 0 Å². The van der Waals surface area contributed by atoms with Crippen LogP contribution in [-0.2, 0) is 16.1 Å². The second-order valence-electron chi connectivity index (χ2n) is 7.07. The molecule has 0 heterocycles. The van der Waals surface area contributed by atoms with Crippen molar-refractivity contribution in [1.29, 1.82) is 0 Å². The molecule has 25 heavy (non-hydrogen) atoms. The number of hydrogen-bond donors (Lipinski definition) is 2. The average molecular weight is 338 g/mol. The Morgan fingerprint density at radius 3 is 2.28 bits per heavy atom. The van der Waals surface area contributed by atoms with Crippen LogP contribution in [0, 0.1) is 26.2 Å². The molecule has 0 fully saturated rings. The summed E-state index contributed by atoms with van der Waals surface area (Å²) < 4.78 is 0. The highest BCUT2D eigenvalue weighted by Gasteiger charge is 2.36. The SMILES string of the molecule is Cc1cccc(CNC(=O)C(C)(C)C(=O)Nc2cc(C)ccc2C)c1. The Balaban J connectivity index is 2.04. The molecule has 0 radical (unpaired) electrons. The predicted octanol–water partition coefficient (Wildman–Crippen LogP) is 3.89. The van der Waals surface area contributed by atoms with Crippen LogP contribution in [0.2, 0.25) is 0 Å². The molecule has 0 saturated carbocycles. The van der Waals surface area contributed by atoms with E-state index in [1.54, 1.807) is 13.8 Å². The fourth-order valence-corrected chi connectivity index (χ4v) is 2.48. The van der Waals surface area contributed by atoms with Crippen LogP contribution in [0.5, 0.6) is 0 Å². The maximum atomic E-state index is 12.6. The molecule has 132 valence electrons. The predicted molar refractivity (Wildman–Crippen MR) is 101 cm³/mol. The van der Waals surface area contributed by atoms with Crippen molar-refractivity contribution < 1.29 is 9.59 Å². The van der Waals surface area contributed by atoms with E-state index in [0.717, 1.165) is 27.9 Å². The van der Waals surface area contributed by atoms with Crippen LogP contribution >= 0.6 is 0 Å². The third-order valence-corrected chi connectivity index (χ3v) is 4.31. The van der Waals surface area contributed by atoms with Crippen molar-refractivity contribution in [3.8, 4) is 0 Å². The molecule has 2 aromatic rings. The molecule has 0 aliphatic heterocycles. The first-order valence-corrected chi connectivity index (χ1v) is 8.42. The molecule has 0 spiro atoms. The molecule has 0 bridgehead atoms. The lowest BCUT2D eigenvalue weighted by atomic mass is 9.90. The summed E-state index contributed by atoms with van der Waals surface area (Å²) >= 11 is 0. The molecular weight excluding hydrogens is 312 g/mol. The van der Waals surface area contributed by atoms with E-state index in [0.29, 0.717) is 6.54 Å². The van der Waals surface area contributed by atoms with E-state index in [-0.39, 0.29) is 11.8 Å². The molecule has 2 amide bonds. The van der Waals surface area contributed by atoms with Gasteiger partial charge in [0.25, 0.3) is 0 Å². The van der Waals surface area contributed by atoms with Gasteiger partial charge in [-0.15, -0.1) is 0 Å². The van der Waals surface area contributed by atoms with Gasteiger partial charge in [-0.2, -0.15) is 0 Å². The number of anilines is 1. The summed E-state index contributed by atoms with van der Waals surface area (Å²) in [6.45, 7) is 9.58. The summed E-state index contributed by atoms with van der Waals surface area (Å²) in [5.74, 6) is -0.611. The van der Waals surface area contributed by atoms with Crippen LogP contribution < -0.4 is 10.6 Å². The second kappa shape index (κ2) is 7.51. The minimum atomic E-state index is -1.17. The highest BCUT2D eigenvalue weighted by Crippen LogP contribution is 2.22. The average Bonchev–Trinajstić information content (AvgIpc) is 2.55. The third-order valence-electron chi connectivity index (χ3n) is 4.31. The third kappa shape index (κ3) is 4.69. The maximum Gasteiger partial charge on any atom is 0.239 e. The van der Waals surface area contributed by atoms with Crippen LogP contribution in [0.15, 0.2) is 42.5 Å². The van der Waals surface area contributed by atoms with E-state index in [4.69, 9.17) is 0 Å². The van der Waals surface area contributed by atoms with Crippen molar-refractivity contribution in [2.75, 3.05) is 5.32 Å². The lowest BCUT2D eigenvalue weighted by Gasteiger charge is -2.23. The number of nitrogens with one attached hydrogen (secondary N) is 2. The number of carbonyl (C=O) groups is 2. The molecule has 0 aliphatic rings. The number of benzene rings is 2. The summed E-state index contributed by atoms with van der Waals surface area (Å²) in [5, 5.41) is 5.74. The van der Waals surface area contributed by atoms with Gasteiger partial charge >= 0.3 is 0 Å². The second-order valence-corrected chi connectivity index (χ2v) is 7.07. The molecule has 0 aliphatic carbocycles. The molecule has 4 nitrogen and oxygen atoms in total. The van der Waals surface area contributed by atoms with Gasteiger partial charge in [-0.05, 0) is 57.4 Å². The summed E-state index contributed by atoms with van der Waals surface area (Å²) in [4.78, 5) is 25.2. The van der Waals surface area contributed by atoms with Gasteiger partial charge in [-0.1, -0.05) is 42.0 Å². The maximum absolute atomic E-state index is 12.6. The molecule has 2 aromatic carbocycles. The van der Waals surface area contributed by atoms with E-state index in [2.05, 4.69) is 10.6 Å². The quantitative estimate of drug-likeness (QED) is 0.813. The Morgan fingerprint density at radius 2 is 1.60 bits per heavy atom. The first-order chi connectivity index (χ1) is 11.7. The number of amides is 2.